The molecule has 0 aromatic heterocycles. The van der Waals surface area contributed by atoms with E-state index >= 15 is 0 Å². The number of ketones is 1. The summed E-state index contributed by atoms with van der Waals surface area (Å²) in [6.45, 7) is 0. The Morgan fingerprint density at radius 3 is 2.17 bits per heavy atom. The number of carbonyl (C=O) groups is 2. The highest BCUT2D eigenvalue weighted by atomic mass is 79.9. The summed E-state index contributed by atoms with van der Waals surface area (Å²) >= 11 is 9.21. The standard InChI is InChI=1S/C26H18BrClN2O4S/c27-19-9-14-24(23(16-19)25(31)17-5-2-1-3-6-17)29-26(32)18-7-4-8-21(15-18)30-35(33,34)22-12-10-20(28)11-13-22/h1-16,30H,(H,29,32). The topological polar surface area (TPSA) is 92.3 Å². The van der Waals surface area contributed by atoms with Gasteiger partial charge in [-0.25, -0.2) is 8.42 Å². The molecule has 0 saturated heterocycles. The Balaban J connectivity index is 1.57. The number of rotatable bonds is 7. The van der Waals surface area contributed by atoms with E-state index in [9.17, 15) is 18.0 Å². The first-order chi connectivity index (χ1) is 16.7. The predicted octanol–water partition coefficient (Wildman–Crippen LogP) is 6.39. The molecule has 176 valence electrons. The van der Waals surface area contributed by atoms with E-state index in [0.717, 1.165) is 0 Å². The zero-order valence-corrected chi connectivity index (χ0v) is 21.2. The van der Waals surface area contributed by atoms with Crippen LogP contribution in [0.15, 0.2) is 106 Å². The minimum atomic E-state index is -3.88. The van der Waals surface area contributed by atoms with E-state index in [4.69, 9.17) is 11.6 Å². The Morgan fingerprint density at radius 1 is 0.771 bits per heavy atom. The summed E-state index contributed by atoms with van der Waals surface area (Å²) in [6, 6.07) is 25.5. The van der Waals surface area contributed by atoms with Gasteiger partial charge < -0.3 is 5.32 Å². The molecule has 1 amide bonds. The summed E-state index contributed by atoms with van der Waals surface area (Å²) < 4.78 is 28.5. The van der Waals surface area contributed by atoms with Crippen molar-refractivity contribution >= 4 is 60.6 Å². The van der Waals surface area contributed by atoms with Gasteiger partial charge >= 0.3 is 0 Å². The number of nitrogens with one attached hydrogen (secondary N) is 2. The van der Waals surface area contributed by atoms with Gasteiger partial charge in [0, 0.05) is 31.9 Å². The van der Waals surface area contributed by atoms with E-state index < -0.39 is 15.9 Å². The molecule has 2 N–H and O–H groups in total. The van der Waals surface area contributed by atoms with Gasteiger partial charge in [0.25, 0.3) is 15.9 Å². The van der Waals surface area contributed by atoms with E-state index in [2.05, 4.69) is 26.0 Å². The maximum absolute atomic E-state index is 13.0. The van der Waals surface area contributed by atoms with Crippen LogP contribution in [-0.4, -0.2) is 20.1 Å². The Kier molecular flexibility index (Phi) is 7.35. The lowest BCUT2D eigenvalue weighted by molar-refractivity contribution is 0.102. The highest BCUT2D eigenvalue weighted by Crippen LogP contribution is 2.25. The number of hydrogen-bond donors (Lipinski definition) is 2. The van der Waals surface area contributed by atoms with Gasteiger partial charge in [0.1, 0.15) is 0 Å². The van der Waals surface area contributed by atoms with Gasteiger partial charge in [-0.2, -0.15) is 0 Å². The number of benzene rings is 4. The van der Waals surface area contributed by atoms with Crippen LogP contribution in [0.5, 0.6) is 0 Å². The fourth-order valence-corrected chi connectivity index (χ4v) is 4.84. The Hall–Kier alpha value is -3.46. The third kappa shape index (κ3) is 5.97. The summed E-state index contributed by atoms with van der Waals surface area (Å²) in [5.74, 6) is -0.742. The second-order valence-electron chi connectivity index (χ2n) is 7.48. The molecule has 4 aromatic rings. The lowest BCUT2D eigenvalue weighted by Crippen LogP contribution is -2.16. The highest BCUT2D eigenvalue weighted by molar-refractivity contribution is 9.10. The molecule has 4 aromatic carbocycles. The average molecular weight is 570 g/mol. The van der Waals surface area contributed by atoms with Gasteiger partial charge in [-0.05, 0) is 60.7 Å². The molecule has 0 radical (unpaired) electrons. The molecule has 6 nitrogen and oxygen atoms in total. The van der Waals surface area contributed by atoms with Crippen molar-refractivity contribution in [2.45, 2.75) is 4.90 Å². The lowest BCUT2D eigenvalue weighted by atomic mass is 10.0. The second-order valence-corrected chi connectivity index (χ2v) is 10.5. The van der Waals surface area contributed by atoms with Gasteiger partial charge in [-0.15, -0.1) is 0 Å². The fourth-order valence-electron chi connectivity index (χ4n) is 3.30. The van der Waals surface area contributed by atoms with Crippen LogP contribution < -0.4 is 10.0 Å². The van der Waals surface area contributed by atoms with Crippen LogP contribution in [0.25, 0.3) is 0 Å². The van der Waals surface area contributed by atoms with Gasteiger partial charge in [0.15, 0.2) is 5.78 Å². The molecule has 0 fully saturated rings. The van der Waals surface area contributed by atoms with Crippen LogP contribution >= 0.6 is 27.5 Å². The quantitative estimate of drug-likeness (QED) is 0.252. The van der Waals surface area contributed by atoms with Gasteiger partial charge in [0.2, 0.25) is 0 Å². The molecule has 0 aliphatic rings. The molecule has 0 heterocycles. The third-order valence-electron chi connectivity index (χ3n) is 5.01. The minimum absolute atomic E-state index is 0.0377. The molecule has 0 saturated carbocycles. The smallest absolute Gasteiger partial charge is 0.261 e. The zero-order valence-electron chi connectivity index (χ0n) is 18.0. The molecule has 35 heavy (non-hydrogen) atoms. The molecule has 0 atom stereocenters. The SMILES string of the molecule is O=C(Nc1ccc(Br)cc1C(=O)c1ccccc1)c1cccc(NS(=O)(=O)c2ccc(Cl)cc2)c1. The van der Waals surface area contributed by atoms with Crippen molar-refractivity contribution in [3.63, 3.8) is 0 Å². The molecule has 0 unspecified atom stereocenters. The van der Waals surface area contributed by atoms with Crippen molar-refractivity contribution in [3.05, 3.63) is 123 Å². The maximum Gasteiger partial charge on any atom is 0.261 e. The zero-order chi connectivity index (χ0) is 25.0. The van der Waals surface area contributed by atoms with E-state index in [-0.39, 0.29) is 21.9 Å². The summed E-state index contributed by atoms with van der Waals surface area (Å²) in [4.78, 5) is 26.1. The van der Waals surface area contributed by atoms with Crippen LogP contribution in [0.1, 0.15) is 26.3 Å². The second kappa shape index (κ2) is 10.4. The monoisotopic (exact) mass is 568 g/mol. The first-order valence-corrected chi connectivity index (χ1v) is 13.0. The number of hydrogen-bond acceptors (Lipinski definition) is 4. The van der Waals surface area contributed by atoms with E-state index in [0.29, 0.717) is 26.3 Å². The minimum Gasteiger partial charge on any atom is -0.321 e. The summed E-state index contributed by atoms with van der Waals surface area (Å²) in [7, 11) is -3.88. The first kappa shape index (κ1) is 24.7. The van der Waals surface area contributed by atoms with Crippen LogP contribution in [-0.2, 0) is 10.0 Å². The van der Waals surface area contributed by atoms with Crippen LogP contribution in [0.2, 0.25) is 5.02 Å². The highest BCUT2D eigenvalue weighted by Gasteiger charge is 2.18. The average Bonchev–Trinajstić information content (AvgIpc) is 2.85. The van der Waals surface area contributed by atoms with Crippen molar-refractivity contribution in [1.82, 2.24) is 0 Å². The fraction of sp³-hybridized carbons (Fsp3) is 0. The van der Waals surface area contributed by atoms with E-state index in [1.54, 1.807) is 54.6 Å². The normalized spacial score (nSPS) is 11.0. The molecule has 4 rings (SSSR count). The number of halogens is 2. The van der Waals surface area contributed by atoms with Crippen molar-refractivity contribution in [2.24, 2.45) is 0 Å². The van der Waals surface area contributed by atoms with Crippen molar-refractivity contribution < 1.29 is 18.0 Å². The Labute approximate surface area is 216 Å². The molecule has 0 spiro atoms. The molecular weight excluding hydrogens is 552 g/mol. The van der Waals surface area contributed by atoms with Crippen LogP contribution in [0.3, 0.4) is 0 Å². The molecule has 0 bridgehead atoms. The van der Waals surface area contributed by atoms with Crippen molar-refractivity contribution in [1.29, 1.82) is 0 Å². The van der Waals surface area contributed by atoms with E-state index in [1.807, 2.05) is 6.07 Å². The Bertz CT molecular complexity index is 1510. The number of carbonyl (C=O) groups excluding carboxylic acids is 2. The van der Waals surface area contributed by atoms with Crippen LogP contribution in [0.4, 0.5) is 11.4 Å². The van der Waals surface area contributed by atoms with Gasteiger partial charge in [-0.3, -0.25) is 14.3 Å². The summed E-state index contributed by atoms with van der Waals surface area (Å²) in [5, 5.41) is 3.18. The summed E-state index contributed by atoms with van der Waals surface area (Å²) in [5.41, 5.74) is 1.56. The number of amides is 1. The first-order valence-electron chi connectivity index (χ1n) is 10.3. The van der Waals surface area contributed by atoms with Gasteiger partial charge in [-0.1, -0.05) is 63.9 Å². The maximum atomic E-state index is 13.0. The molecule has 0 aliphatic heterocycles. The lowest BCUT2D eigenvalue weighted by Gasteiger charge is -2.13. The van der Waals surface area contributed by atoms with Crippen molar-refractivity contribution in [3.8, 4) is 0 Å². The predicted molar refractivity (Wildman–Crippen MR) is 141 cm³/mol. The number of anilines is 2. The number of sulfonamides is 1. The van der Waals surface area contributed by atoms with Crippen LogP contribution in [0, 0.1) is 0 Å². The largest absolute Gasteiger partial charge is 0.321 e. The molecular formula is C26H18BrClN2O4S. The molecule has 9 heteroatoms. The Morgan fingerprint density at radius 2 is 1.46 bits per heavy atom. The van der Waals surface area contributed by atoms with Gasteiger partial charge in [0.05, 0.1) is 10.6 Å². The molecule has 0 aliphatic carbocycles. The van der Waals surface area contributed by atoms with E-state index in [1.165, 1.54) is 36.4 Å². The summed E-state index contributed by atoms with van der Waals surface area (Å²) in [6.07, 6.45) is 0. The van der Waals surface area contributed by atoms with Crippen molar-refractivity contribution in [2.75, 3.05) is 10.0 Å². The third-order valence-corrected chi connectivity index (χ3v) is 7.15.